The zero-order chi connectivity index (χ0) is 29.2. The van der Waals surface area contributed by atoms with Gasteiger partial charge < -0.3 is 39.1 Å². The molecule has 0 unspecified atom stereocenters. The summed E-state index contributed by atoms with van der Waals surface area (Å²) in [6.07, 6.45) is 4.78. The van der Waals surface area contributed by atoms with E-state index in [1.807, 2.05) is 0 Å². The van der Waals surface area contributed by atoms with Crippen LogP contribution in [0.4, 0.5) is 10.5 Å². The third kappa shape index (κ3) is 14.9. The highest BCUT2D eigenvalue weighted by Gasteiger charge is 2.22. The lowest BCUT2D eigenvalue weighted by molar-refractivity contribution is -0.00224. The first-order valence-corrected chi connectivity index (χ1v) is 14.0. The second-order valence-electron chi connectivity index (χ2n) is 9.12. The molecule has 12 nitrogen and oxygen atoms in total. The van der Waals surface area contributed by atoms with Crippen molar-refractivity contribution in [1.82, 2.24) is 9.62 Å². The molecule has 0 radical (unpaired) electrons. The molecule has 0 aliphatic carbocycles. The van der Waals surface area contributed by atoms with Gasteiger partial charge >= 0.3 is 6.09 Å². The number of nitrogens with one attached hydrogen (secondary N) is 2. The van der Waals surface area contributed by atoms with E-state index in [1.54, 1.807) is 26.8 Å². The van der Waals surface area contributed by atoms with Crippen LogP contribution in [0.1, 0.15) is 20.8 Å². The summed E-state index contributed by atoms with van der Waals surface area (Å²) < 4.78 is 59.0. The molecule has 0 atom stereocenters. The van der Waals surface area contributed by atoms with Crippen LogP contribution in [0.3, 0.4) is 0 Å². The van der Waals surface area contributed by atoms with Crippen LogP contribution >= 0.6 is 0 Å². The molecule has 0 saturated carbocycles. The fourth-order valence-electron chi connectivity index (χ4n) is 2.92. The van der Waals surface area contributed by atoms with E-state index in [0.29, 0.717) is 70.8 Å². The van der Waals surface area contributed by atoms with Crippen LogP contribution in [0.2, 0.25) is 0 Å². The second kappa shape index (κ2) is 18.6. The number of methoxy groups -OCH3 is 1. The van der Waals surface area contributed by atoms with E-state index < -0.39 is 21.7 Å². The third-order valence-corrected chi connectivity index (χ3v) is 6.70. The molecule has 39 heavy (non-hydrogen) atoms. The first-order chi connectivity index (χ1) is 18.5. The maximum Gasteiger partial charge on any atom is 0.407 e. The minimum atomic E-state index is -3.71. The minimum Gasteiger partial charge on any atom is -0.495 e. The van der Waals surface area contributed by atoms with Gasteiger partial charge in [0.05, 0.1) is 77.1 Å². The van der Waals surface area contributed by atoms with E-state index in [1.165, 1.54) is 30.6 Å². The van der Waals surface area contributed by atoms with Crippen molar-refractivity contribution in [1.29, 1.82) is 0 Å². The van der Waals surface area contributed by atoms with Crippen LogP contribution in [0.15, 0.2) is 23.1 Å². The number of carbonyl (C=O) groups excluding carboxylic acids is 1. The zero-order valence-corrected chi connectivity index (χ0v) is 24.4. The Bertz CT molecular complexity index is 991. The number of hydrogen-bond donors (Lipinski definition) is 2. The number of anilines is 1. The van der Waals surface area contributed by atoms with Crippen LogP contribution in [0.25, 0.3) is 0 Å². The van der Waals surface area contributed by atoms with Crippen molar-refractivity contribution in [3.63, 3.8) is 0 Å². The van der Waals surface area contributed by atoms with Gasteiger partial charge in [-0.2, -0.15) is 4.31 Å². The van der Waals surface area contributed by atoms with E-state index in [-0.39, 0.29) is 18.0 Å². The first-order valence-electron chi connectivity index (χ1n) is 12.6. The van der Waals surface area contributed by atoms with Crippen LogP contribution in [-0.4, -0.2) is 111 Å². The van der Waals surface area contributed by atoms with Gasteiger partial charge in [0.1, 0.15) is 11.4 Å². The standard InChI is InChI=1S/C26H43N3O9S/c1-7-10-27-23-9-8-22(21-24(23)33-6)39(31,32)29(5)12-14-35-16-18-37-20-19-36-17-15-34-13-11-28-25(30)38-26(2,3)4/h1,8-9,21,27H,10-20H2,2-6H3,(H,28,30). The van der Waals surface area contributed by atoms with Gasteiger partial charge in [0, 0.05) is 26.2 Å². The van der Waals surface area contributed by atoms with E-state index >= 15 is 0 Å². The molecule has 1 rings (SSSR count). The fourth-order valence-corrected chi connectivity index (χ4v) is 4.09. The number of amides is 1. The monoisotopic (exact) mass is 573 g/mol. The lowest BCUT2D eigenvalue weighted by atomic mass is 10.2. The Labute approximate surface area is 232 Å². The highest BCUT2D eigenvalue weighted by Crippen LogP contribution is 2.28. The van der Waals surface area contributed by atoms with Crippen LogP contribution in [0.5, 0.6) is 5.75 Å². The molecule has 0 aliphatic rings. The molecular formula is C26H43N3O9S. The number of terminal acetylenes is 1. The zero-order valence-electron chi connectivity index (χ0n) is 23.6. The molecule has 0 aliphatic heterocycles. The lowest BCUT2D eigenvalue weighted by Gasteiger charge is -2.19. The molecule has 0 spiro atoms. The number of carbonyl (C=O) groups is 1. The predicted octanol–water partition coefficient (Wildman–Crippen LogP) is 1.95. The van der Waals surface area contributed by atoms with Gasteiger partial charge in [-0.25, -0.2) is 13.2 Å². The quantitative estimate of drug-likeness (QED) is 0.176. The fraction of sp³-hybridized carbons (Fsp3) is 0.654. The largest absolute Gasteiger partial charge is 0.495 e. The normalized spacial score (nSPS) is 11.7. The van der Waals surface area contributed by atoms with E-state index in [2.05, 4.69) is 16.6 Å². The van der Waals surface area contributed by atoms with Gasteiger partial charge in [0.15, 0.2) is 0 Å². The third-order valence-electron chi connectivity index (χ3n) is 4.84. The van der Waals surface area contributed by atoms with Crippen molar-refractivity contribution < 1.29 is 41.6 Å². The number of sulfonamides is 1. The topological polar surface area (TPSA) is 134 Å². The molecule has 222 valence electrons. The summed E-state index contributed by atoms with van der Waals surface area (Å²) in [6.45, 7) is 9.09. The van der Waals surface area contributed by atoms with Gasteiger partial charge in [0.2, 0.25) is 10.0 Å². The predicted molar refractivity (Wildman–Crippen MR) is 148 cm³/mol. The number of rotatable bonds is 20. The Hall–Kier alpha value is -2.60. The Kier molecular flexibility index (Phi) is 16.5. The molecule has 0 aromatic heterocycles. The molecule has 2 N–H and O–H groups in total. The Morgan fingerprint density at radius 3 is 2.08 bits per heavy atom. The van der Waals surface area contributed by atoms with Crippen molar-refractivity contribution in [2.75, 3.05) is 92.0 Å². The summed E-state index contributed by atoms with van der Waals surface area (Å²) in [5, 5.41) is 5.59. The second-order valence-corrected chi connectivity index (χ2v) is 11.2. The molecule has 0 saturated heterocycles. The van der Waals surface area contributed by atoms with Crippen molar-refractivity contribution in [2.24, 2.45) is 0 Å². The average molecular weight is 574 g/mol. The Balaban J connectivity index is 2.09. The van der Waals surface area contributed by atoms with Crippen molar-refractivity contribution in [3.05, 3.63) is 18.2 Å². The van der Waals surface area contributed by atoms with E-state index in [9.17, 15) is 13.2 Å². The SMILES string of the molecule is C#CCNc1ccc(S(=O)(=O)N(C)CCOCCOCCOCCOCCNC(=O)OC(C)(C)C)cc1OC. The van der Waals surface area contributed by atoms with Crippen molar-refractivity contribution >= 4 is 21.8 Å². The van der Waals surface area contributed by atoms with Crippen molar-refractivity contribution in [2.45, 2.75) is 31.3 Å². The summed E-state index contributed by atoms with van der Waals surface area (Å²) in [5.41, 5.74) is 0.0847. The van der Waals surface area contributed by atoms with Gasteiger partial charge in [-0.1, -0.05) is 5.92 Å². The smallest absolute Gasteiger partial charge is 0.407 e. The Morgan fingerprint density at radius 1 is 0.974 bits per heavy atom. The molecule has 1 aromatic rings. The molecular weight excluding hydrogens is 530 g/mol. The summed E-state index contributed by atoms with van der Waals surface area (Å²) in [5.74, 6) is 2.84. The highest BCUT2D eigenvalue weighted by molar-refractivity contribution is 7.89. The number of nitrogens with zero attached hydrogens (tertiary/aromatic N) is 1. The maximum atomic E-state index is 12.9. The molecule has 0 fully saturated rings. The lowest BCUT2D eigenvalue weighted by Crippen LogP contribution is -2.34. The summed E-state index contributed by atoms with van der Waals surface area (Å²) in [4.78, 5) is 11.6. The number of hydrogen-bond acceptors (Lipinski definition) is 10. The molecule has 13 heteroatoms. The average Bonchev–Trinajstić information content (AvgIpc) is 2.88. The van der Waals surface area contributed by atoms with Crippen LogP contribution in [-0.2, 0) is 33.7 Å². The maximum absolute atomic E-state index is 12.9. The minimum absolute atomic E-state index is 0.110. The van der Waals surface area contributed by atoms with Gasteiger partial charge in [-0.3, -0.25) is 0 Å². The van der Waals surface area contributed by atoms with Crippen LogP contribution in [0, 0.1) is 12.3 Å². The van der Waals surface area contributed by atoms with E-state index in [0.717, 1.165) is 0 Å². The van der Waals surface area contributed by atoms with Gasteiger partial charge in [-0.05, 0) is 32.9 Å². The first kappa shape index (κ1) is 34.4. The number of ether oxygens (including phenoxy) is 6. The van der Waals surface area contributed by atoms with E-state index in [4.69, 9.17) is 34.8 Å². The summed E-state index contributed by atoms with van der Waals surface area (Å²) in [7, 11) is -0.761. The van der Waals surface area contributed by atoms with Gasteiger partial charge in [0.25, 0.3) is 0 Å². The Morgan fingerprint density at radius 2 is 1.54 bits per heavy atom. The number of likely N-dealkylation sites (N-methyl/N-ethyl adjacent to an activating group) is 1. The highest BCUT2D eigenvalue weighted by atomic mass is 32.2. The number of alkyl carbamates (subject to hydrolysis) is 1. The van der Waals surface area contributed by atoms with Crippen molar-refractivity contribution in [3.8, 4) is 18.1 Å². The van der Waals surface area contributed by atoms with Gasteiger partial charge in [-0.15, -0.1) is 6.42 Å². The summed E-state index contributed by atoms with van der Waals surface area (Å²) >= 11 is 0. The molecule has 0 bridgehead atoms. The summed E-state index contributed by atoms with van der Waals surface area (Å²) in [6, 6.07) is 4.58. The molecule has 0 heterocycles. The molecule has 1 aromatic carbocycles. The number of benzene rings is 1. The molecule has 1 amide bonds. The van der Waals surface area contributed by atoms with Crippen LogP contribution < -0.4 is 15.4 Å².